The zero-order valence-corrected chi connectivity index (χ0v) is 12.5. The van der Waals surface area contributed by atoms with Crippen LogP contribution in [0.25, 0.3) is 0 Å². The summed E-state index contributed by atoms with van der Waals surface area (Å²) in [6.07, 6.45) is 1.58. The van der Waals surface area contributed by atoms with Gasteiger partial charge in [0.05, 0.1) is 18.7 Å². The molecule has 0 bridgehead atoms. The van der Waals surface area contributed by atoms with Crippen molar-refractivity contribution in [1.29, 1.82) is 0 Å². The largest absolute Gasteiger partial charge is 0.466 e. The Bertz CT molecular complexity index is 489. The molecule has 1 aliphatic rings. The molecule has 0 radical (unpaired) electrons. The van der Waals surface area contributed by atoms with Crippen molar-refractivity contribution in [2.45, 2.75) is 32.2 Å². The number of esters is 1. The van der Waals surface area contributed by atoms with Crippen molar-refractivity contribution in [3.8, 4) is 0 Å². The number of hydrogen-bond acceptors (Lipinski definition) is 6. The molecule has 0 saturated carbocycles. The molecule has 20 heavy (non-hydrogen) atoms. The van der Waals surface area contributed by atoms with E-state index >= 15 is 0 Å². The second-order valence-corrected chi connectivity index (χ2v) is 5.64. The zero-order valence-electron chi connectivity index (χ0n) is 11.7. The lowest BCUT2D eigenvalue weighted by molar-refractivity contribution is -0.142. The monoisotopic (exact) mass is 297 g/mol. The van der Waals surface area contributed by atoms with Crippen molar-refractivity contribution in [1.82, 2.24) is 9.88 Å². The molecule has 1 unspecified atom stereocenters. The summed E-state index contributed by atoms with van der Waals surface area (Å²) in [6, 6.07) is 0.222. The number of likely N-dealkylation sites (tertiary alicyclic amines) is 1. The maximum absolute atomic E-state index is 11.4. The van der Waals surface area contributed by atoms with Gasteiger partial charge in [-0.2, -0.15) is 0 Å². The predicted octanol–water partition coefficient (Wildman–Crippen LogP) is 1.28. The molecular weight excluding hydrogens is 278 g/mol. The van der Waals surface area contributed by atoms with Gasteiger partial charge in [-0.25, -0.2) is 4.98 Å². The summed E-state index contributed by atoms with van der Waals surface area (Å²) in [6.45, 7) is 2.86. The van der Waals surface area contributed by atoms with Crippen LogP contribution in [-0.2, 0) is 20.7 Å². The molecule has 0 aromatic carbocycles. The molecule has 1 N–H and O–H groups in total. The maximum Gasteiger partial charge on any atom is 0.311 e. The van der Waals surface area contributed by atoms with Crippen LogP contribution >= 0.6 is 11.3 Å². The van der Waals surface area contributed by atoms with Crippen molar-refractivity contribution in [3.05, 3.63) is 11.1 Å². The average Bonchev–Trinajstić information content (AvgIpc) is 2.81. The first-order valence-electron chi connectivity index (χ1n) is 6.69. The van der Waals surface area contributed by atoms with Crippen molar-refractivity contribution in [2.24, 2.45) is 0 Å². The third-order valence-corrected chi connectivity index (χ3v) is 3.96. The quantitative estimate of drug-likeness (QED) is 0.829. The first kappa shape index (κ1) is 14.8. The standard InChI is InChI=1S/C13H19N3O3S/c1-3-19-12(18)6-10-8-20-13(15-10)14-9-4-5-11(17)16(2)7-9/h8-9H,3-7H2,1-2H3,(H,14,15). The number of ether oxygens (including phenoxy) is 1. The number of nitrogens with one attached hydrogen (secondary N) is 1. The molecule has 1 aromatic rings. The highest BCUT2D eigenvalue weighted by Gasteiger charge is 2.23. The SMILES string of the molecule is CCOC(=O)Cc1csc(NC2CCC(=O)N(C)C2)n1. The minimum Gasteiger partial charge on any atom is -0.466 e. The number of nitrogens with zero attached hydrogens (tertiary/aromatic N) is 2. The number of hydrogen-bond donors (Lipinski definition) is 1. The first-order chi connectivity index (χ1) is 9.58. The lowest BCUT2D eigenvalue weighted by atomic mass is 10.1. The van der Waals surface area contributed by atoms with Crippen LogP contribution in [0.2, 0.25) is 0 Å². The Labute approximate surface area is 122 Å². The van der Waals surface area contributed by atoms with Crippen LogP contribution < -0.4 is 5.32 Å². The molecule has 2 heterocycles. The molecule has 1 aliphatic heterocycles. The number of piperidine rings is 1. The van der Waals surface area contributed by atoms with Crippen LogP contribution in [0.5, 0.6) is 0 Å². The fraction of sp³-hybridized carbons (Fsp3) is 0.615. The Morgan fingerprint density at radius 2 is 2.45 bits per heavy atom. The Hall–Kier alpha value is -1.63. The number of anilines is 1. The van der Waals surface area contributed by atoms with E-state index in [9.17, 15) is 9.59 Å². The number of amides is 1. The van der Waals surface area contributed by atoms with Gasteiger partial charge in [0, 0.05) is 31.4 Å². The summed E-state index contributed by atoms with van der Waals surface area (Å²) in [5.41, 5.74) is 0.719. The van der Waals surface area contributed by atoms with E-state index in [1.54, 1.807) is 11.8 Å². The van der Waals surface area contributed by atoms with E-state index in [0.29, 0.717) is 19.6 Å². The molecule has 1 fully saturated rings. The number of aromatic nitrogens is 1. The highest BCUT2D eigenvalue weighted by atomic mass is 32.1. The number of rotatable bonds is 5. The summed E-state index contributed by atoms with van der Waals surface area (Å²) in [7, 11) is 1.81. The Kier molecular flexibility index (Phi) is 4.94. The molecule has 1 atom stereocenters. The van der Waals surface area contributed by atoms with E-state index < -0.39 is 0 Å². The van der Waals surface area contributed by atoms with Crippen LogP contribution in [-0.4, -0.2) is 48.0 Å². The molecular formula is C13H19N3O3S. The van der Waals surface area contributed by atoms with Gasteiger partial charge in [0.25, 0.3) is 0 Å². The number of thiazole rings is 1. The Balaban J connectivity index is 1.86. The highest BCUT2D eigenvalue weighted by molar-refractivity contribution is 7.13. The molecule has 1 saturated heterocycles. The molecule has 2 rings (SSSR count). The van der Waals surface area contributed by atoms with Crippen LogP contribution in [0.3, 0.4) is 0 Å². The van der Waals surface area contributed by atoms with E-state index in [-0.39, 0.29) is 24.3 Å². The van der Waals surface area contributed by atoms with E-state index in [0.717, 1.165) is 17.2 Å². The third kappa shape index (κ3) is 3.93. The summed E-state index contributed by atoms with van der Waals surface area (Å²) in [4.78, 5) is 28.9. The normalized spacial score (nSPS) is 19.0. The summed E-state index contributed by atoms with van der Waals surface area (Å²) in [5.74, 6) is -0.0717. The van der Waals surface area contributed by atoms with Crippen molar-refractivity contribution in [2.75, 3.05) is 25.5 Å². The minimum atomic E-state index is -0.257. The summed E-state index contributed by atoms with van der Waals surface area (Å²) >= 11 is 1.47. The smallest absolute Gasteiger partial charge is 0.311 e. The van der Waals surface area contributed by atoms with Gasteiger partial charge in [-0.05, 0) is 13.3 Å². The van der Waals surface area contributed by atoms with Gasteiger partial charge in [-0.15, -0.1) is 11.3 Å². The average molecular weight is 297 g/mol. The Morgan fingerprint density at radius 3 is 3.15 bits per heavy atom. The molecule has 1 aromatic heterocycles. The molecule has 1 amide bonds. The van der Waals surface area contributed by atoms with Gasteiger partial charge in [0.15, 0.2) is 5.13 Å². The lowest BCUT2D eigenvalue weighted by Crippen LogP contribution is -2.43. The van der Waals surface area contributed by atoms with E-state index in [1.165, 1.54) is 11.3 Å². The summed E-state index contributed by atoms with van der Waals surface area (Å²) in [5, 5.41) is 5.97. The zero-order chi connectivity index (χ0) is 14.5. The molecule has 6 nitrogen and oxygen atoms in total. The molecule has 0 aliphatic carbocycles. The van der Waals surface area contributed by atoms with Gasteiger partial charge in [0.1, 0.15) is 0 Å². The third-order valence-electron chi connectivity index (χ3n) is 3.14. The predicted molar refractivity (Wildman–Crippen MR) is 76.7 cm³/mol. The van der Waals surface area contributed by atoms with Gasteiger partial charge in [-0.3, -0.25) is 9.59 Å². The topological polar surface area (TPSA) is 71.5 Å². The van der Waals surface area contributed by atoms with Gasteiger partial charge < -0.3 is 15.0 Å². The fourth-order valence-corrected chi connectivity index (χ4v) is 2.91. The molecule has 0 spiro atoms. The molecule has 110 valence electrons. The van der Waals surface area contributed by atoms with Crippen LogP contribution in [0, 0.1) is 0 Å². The van der Waals surface area contributed by atoms with Crippen LogP contribution in [0.1, 0.15) is 25.5 Å². The van der Waals surface area contributed by atoms with E-state index in [2.05, 4.69) is 10.3 Å². The minimum absolute atomic E-state index is 0.185. The maximum atomic E-state index is 11.4. The molecule has 7 heteroatoms. The second kappa shape index (κ2) is 6.69. The van der Waals surface area contributed by atoms with Crippen molar-refractivity contribution < 1.29 is 14.3 Å². The Morgan fingerprint density at radius 1 is 1.65 bits per heavy atom. The van der Waals surface area contributed by atoms with Crippen LogP contribution in [0.4, 0.5) is 5.13 Å². The van der Waals surface area contributed by atoms with Crippen LogP contribution in [0.15, 0.2) is 5.38 Å². The van der Waals surface area contributed by atoms with Crippen molar-refractivity contribution >= 4 is 28.3 Å². The van der Waals surface area contributed by atoms with Crippen molar-refractivity contribution in [3.63, 3.8) is 0 Å². The highest BCUT2D eigenvalue weighted by Crippen LogP contribution is 2.20. The second-order valence-electron chi connectivity index (χ2n) is 4.78. The van der Waals surface area contributed by atoms with E-state index in [4.69, 9.17) is 4.74 Å². The van der Waals surface area contributed by atoms with Gasteiger partial charge in [0.2, 0.25) is 5.91 Å². The first-order valence-corrected chi connectivity index (χ1v) is 7.57. The van der Waals surface area contributed by atoms with Gasteiger partial charge in [-0.1, -0.05) is 0 Å². The number of carbonyl (C=O) groups is 2. The fourth-order valence-electron chi connectivity index (χ4n) is 2.12. The summed E-state index contributed by atoms with van der Waals surface area (Å²) < 4.78 is 4.89. The van der Waals surface area contributed by atoms with E-state index in [1.807, 2.05) is 12.4 Å². The number of likely N-dealkylation sites (N-methyl/N-ethyl adjacent to an activating group) is 1. The number of carbonyl (C=O) groups excluding carboxylic acids is 2. The van der Waals surface area contributed by atoms with Gasteiger partial charge >= 0.3 is 5.97 Å². The lowest BCUT2D eigenvalue weighted by Gasteiger charge is -2.29.